The van der Waals surface area contributed by atoms with Crippen molar-refractivity contribution in [3.8, 4) is 5.75 Å². The maximum atomic E-state index is 11.6. The number of rotatable bonds is 0. The molecule has 3 nitrogen and oxygen atoms in total. The van der Waals surface area contributed by atoms with Gasteiger partial charge in [-0.05, 0) is 24.6 Å². The molecule has 0 aromatic heterocycles. The highest BCUT2D eigenvalue weighted by molar-refractivity contribution is 6.49. The number of hydrogen-bond acceptors (Lipinski definition) is 3. The molecule has 0 radical (unpaired) electrons. The van der Waals surface area contributed by atoms with Gasteiger partial charge in [-0.2, -0.15) is 0 Å². The summed E-state index contributed by atoms with van der Waals surface area (Å²) in [6.07, 6.45) is 1.07. The molecule has 1 aromatic carbocycles. The maximum absolute atomic E-state index is 11.6. The number of fused-ring (bicyclic) bond motifs is 1. The fourth-order valence-corrected chi connectivity index (χ4v) is 1.68. The van der Waals surface area contributed by atoms with Crippen molar-refractivity contribution in [2.75, 3.05) is 0 Å². The van der Waals surface area contributed by atoms with Crippen molar-refractivity contribution in [2.24, 2.45) is 0 Å². The number of phenolic OH excluding ortho intramolecular Hbond substituents is 1. The number of aryl methyl sites for hydroxylation is 1. The number of allylic oxidation sites excluding steroid dienone is 2. The highest BCUT2D eigenvalue weighted by atomic mass is 35.5. The van der Waals surface area contributed by atoms with Gasteiger partial charge >= 0.3 is 0 Å². The zero-order valence-corrected chi connectivity index (χ0v) is 8.63. The predicted octanol–water partition coefficient (Wildman–Crippen LogP) is 2.20. The van der Waals surface area contributed by atoms with Gasteiger partial charge in [-0.15, -0.1) is 0 Å². The van der Waals surface area contributed by atoms with Crippen LogP contribution in [0.4, 0.5) is 0 Å². The topological polar surface area (TPSA) is 54.4 Å². The van der Waals surface area contributed by atoms with Crippen LogP contribution in [-0.4, -0.2) is 16.7 Å². The van der Waals surface area contributed by atoms with Crippen LogP contribution >= 0.6 is 11.6 Å². The van der Waals surface area contributed by atoms with Gasteiger partial charge in [-0.3, -0.25) is 9.59 Å². The molecule has 0 saturated carbocycles. The van der Waals surface area contributed by atoms with E-state index >= 15 is 0 Å². The number of Topliss-reactive ketones (excluding diaryl/α,β-unsaturated/α-hetero) is 1. The van der Waals surface area contributed by atoms with E-state index in [1.165, 1.54) is 12.1 Å². The second-order valence-electron chi connectivity index (χ2n) is 3.37. The summed E-state index contributed by atoms with van der Waals surface area (Å²) in [5.41, 5.74) is 0.997. The van der Waals surface area contributed by atoms with E-state index in [0.717, 1.165) is 6.08 Å². The Bertz CT molecular complexity index is 515. The van der Waals surface area contributed by atoms with E-state index in [4.69, 9.17) is 11.6 Å². The highest BCUT2D eigenvalue weighted by Gasteiger charge is 2.25. The summed E-state index contributed by atoms with van der Waals surface area (Å²) in [5.74, 6) is -0.736. The molecule has 0 unspecified atom stereocenters. The maximum Gasteiger partial charge on any atom is 0.205 e. The molecule has 1 aliphatic carbocycles. The first-order valence-corrected chi connectivity index (χ1v) is 4.68. The van der Waals surface area contributed by atoms with Crippen molar-refractivity contribution in [3.63, 3.8) is 0 Å². The Kier molecular flexibility index (Phi) is 2.12. The van der Waals surface area contributed by atoms with Crippen LogP contribution in [0.15, 0.2) is 23.2 Å². The molecule has 0 aliphatic heterocycles. The molecular weight excluding hydrogens is 216 g/mol. The molecule has 0 heterocycles. The summed E-state index contributed by atoms with van der Waals surface area (Å²) in [6, 6.07) is 2.77. The van der Waals surface area contributed by atoms with Crippen LogP contribution in [0.2, 0.25) is 0 Å². The summed E-state index contributed by atoms with van der Waals surface area (Å²) in [6.45, 7) is 1.65. The minimum absolute atomic E-state index is 0.00122. The Morgan fingerprint density at radius 3 is 2.53 bits per heavy atom. The van der Waals surface area contributed by atoms with Crippen molar-refractivity contribution >= 4 is 23.2 Å². The number of ketones is 2. The van der Waals surface area contributed by atoms with Crippen molar-refractivity contribution < 1.29 is 14.7 Å². The van der Waals surface area contributed by atoms with Crippen molar-refractivity contribution in [3.05, 3.63) is 39.9 Å². The van der Waals surface area contributed by atoms with Crippen LogP contribution in [-0.2, 0) is 0 Å². The number of carbonyl (C=O) groups excluding carboxylic acids is 2. The number of phenols is 1. The normalized spacial score (nSPS) is 14.9. The van der Waals surface area contributed by atoms with Crippen molar-refractivity contribution in [1.29, 1.82) is 0 Å². The predicted molar refractivity (Wildman–Crippen MR) is 55.4 cm³/mol. The summed E-state index contributed by atoms with van der Waals surface area (Å²) < 4.78 is 0. The van der Waals surface area contributed by atoms with E-state index in [9.17, 15) is 14.7 Å². The molecule has 0 amide bonds. The molecule has 76 valence electrons. The molecule has 0 spiro atoms. The third-order valence-corrected chi connectivity index (χ3v) is 2.60. The largest absolute Gasteiger partial charge is 0.508 e. The third-order valence-electron chi connectivity index (χ3n) is 2.32. The lowest BCUT2D eigenvalue weighted by atomic mass is 9.92. The van der Waals surface area contributed by atoms with Gasteiger partial charge in [0.25, 0.3) is 0 Å². The van der Waals surface area contributed by atoms with Gasteiger partial charge in [0.05, 0.1) is 5.03 Å². The number of benzene rings is 1. The fraction of sp³-hybridized carbons (Fsp3) is 0.0909. The van der Waals surface area contributed by atoms with Crippen LogP contribution in [0, 0.1) is 6.92 Å². The molecule has 0 atom stereocenters. The van der Waals surface area contributed by atoms with Crippen LogP contribution in [0.3, 0.4) is 0 Å². The first-order chi connectivity index (χ1) is 7.00. The quantitative estimate of drug-likeness (QED) is 0.732. The number of carbonyl (C=O) groups is 2. The minimum Gasteiger partial charge on any atom is -0.508 e. The minimum atomic E-state index is -0.380. The lowest BCUT2D eigenvalue weighted by Crippen LogP contribution is -2.14. The Morgan fingerprint density at radius 1 is 1.20 bits per heavy atom. The molecule has 1 N–H and O–H groups in total. The van der Waals surface area contributed by atoms with Crippen LogP contribution in [0.25, 0.3) is 0 Å². The molecule has 1 aromatic rings. The standard InChI is InChI=1S/C11H7ClO3/c1-5-2-7-6(3-9(5)13)10(14)4-8(12)11(7)15/h2-4,13H,1H3. The van der Waals surface area contributed by atoms with E-state index in [0.29, 0.717) is 5.56 Å². The molecule has 0 saturated heterocycles. The average Bonchev–Trinajstić information content (AvgIpc) is 2.18. The van der Waals surface area contributed by atoms with E-state index in [1.54, 1.807) is 6.92 Å². The van der Waals surface area contributed by atoms with Gasteiger partial charge in [0.1, 0.15) is 5.75 Å². The second-order valence-corrected chi connectivity index (χ2v) is 3.78. The Hall–Kier alpha value is -1.61. The molecule has 4 heteroatoms. The number of aromatic hydroxyl groups is 1. The Morgan fingerprint density at radius 2 is 1.87 bits per heavy atom. The van der Waals surface area contributed by atoms with Gasteiger partial charge in [0.15, 0.2) is 5.78 Å². The first kappa shape index (κ1) is 9.93. The molecule has 2 rings (SSSR count). The lowest BCUT2D eigenvalue weighted by Gasteiger charge is -2.12. The summed E-state index contributed by atoms with van der Waals surface area (Å²) >= 11 is 5.61. The summed E-state index contributed by atoms with van der Waals surface area (Å²) in [5, 5.41) is 9.34. The zero-order chi connectivity index (χ0) is 11.2. The zero-order valence-electron chi connectivity index (χ0n) is 7.87. The number of halogens is 1. The lowest BCUT2D eigenvalue weighted by molar-refractivity contribution is 0.0990. The average molecular weight is 223 g/mol. The van der Waals surface area contributed by atoms with E-state index in [2.05, 4.69) is 0 Å². The molecule has 0 bridgehead atoms. The molecule has 15 heavy (non-hydrogen) atoms. The Balaban J connectivity index is 2.73. The van der Waals surface area contributed by atoms with Gasteiger partial charge in [-0.1, -0.05) is 11.6 Å². The smallest absolute Gasteiger partial charge is 0.205 e. The molecule has 1 aliphatic rings. The fourth-order valence-electron chi connectivity index (χ4n) is 1.48. The second kappa shape index (κ2) is 3.21. The van der Waals surface area contributed by atoms with E-state index in [1.807, 2.05) is 0 Å². The highest BCUT2D eigenvalue weighted by Crippen LogP contribution is 2.28. The van der Waals surface area contributed by atoms with Crippen molar-refractivity contribution in [1.82, 2.24) is 0 Å². The van der Waals surface area contributed by atoms with E-state index < -0.39 is 0 Å². The van der Waals surface area contributed by atoms with Crippen LogP contribution < -0.4 is 0 Å². The van der Waals surface area contributed by atoms with Gasteiger partial charge < -0.3 is 5.11 Å². The van der Waals surface area contributed by atoms with Gasteiger partial charge in [-0.25, -0.2) is 0 Å². The Labute approximate surface area is 91.0 Å². The molecular formula is C11H7ClO3. The SMILES string of the molecule is Cc1cc2c(cc1O)C(=O)C=C(Cl)C2=O. The van der Waals surface area contributed by atoms with Crippen molar-refractivity contribution in [2.45, 2.75) is 6.92 Å². The van der Waals surface area contributed by atoms with Crippen LogP contribution in [0.5, 0.6) is 5.75 Å². The van der Waals surface area contributed by atoms with Crippen LogP contribution in [0.1, 0.15) is 26.3 Å². The third kappa shape index (κ3) is 1.45. The summed E-state index contributed by atoms with van der Waals surface area (Å²) in [4.78, 5) is 23.1. The van der Waals surface area contributed by atoms with Gasteiger partial charge in [0, 0.05) is 17.2 Å². The number of hydrogen-bond donors (Lipinski definition) is 1. The van der Waals surface area contributed by atoms with Gasteiger partial charge in [0.2, 0.25) is 5.78 Å². The first-order valence-electron chi connectivity index (χ1n) is 4.30. The molecule has 0 fully saturated rings. The monoisotopic (exact) mass is 222 g/mol. The summed E-state index contributed by atoms with van der Waals surface area (Å²) in [7, 11) is 0. The van der Waals surface area contributed by atoms with E-state index in [-0.39, 0.29) is 33.5 Å².